The summed E-state index contributed by atoms with van der Waals surface area (Å²) >= 11 is 0. The van der Waals surface area contributed by atoms with Crippen molar-refractivity contribution in [2.75, 3.05) is 0 Å². The number of aromatic nitrogens is 2. The van der Waals surface area contributed by atoms with Gasteiger partial charge in [0.2, 0.25) is 5.88 Å². The van der Waals surface area contributed by atoms with Crippen LogP contribution < -0.4 is 4.74 Å². The third kappa shape index (κ3) is 3.27. The van der Waals surface area contributed by atoms with Crippen LogP contribution in [0.3, 0.4) is 0 Å². The van der Waals surface area contributed by atoms with Crippen molar-refractivity contribution in [3.8, 4) is 11.6 Å². The molecule has 0 aliphatic carbocycles. The second-order valence-corrected chi connectivity index (χ2v) is 3.36. The molecule has 0 aliphatic rings. The van der Waals surface area contributed by atoms with Crippen LogP contribution in [-0.4, -0.2) is 21.0 Å². The Labute approximate surface area is 97.7 Å². The molecule has 1 heterocycles. The number of hydrogen-bond donors (Lipinski definition) is 1. The molecule has 0 spiro atoms. The molecule has 17 heavy (non-hydrogen) atoms. The summed E-state index contributed by atoms with van der Waals surface area (Å²) in [6, 6.07) is 6.88. The first-order chi connectivity index (χ1) is 8.24. The smallest absolute Gasteiger partial charge is 0.307 e. The number of ether oxygens (including phenoxy) is 1. The van der Waals surface area contributed by atoms with Gasteiger partial charge in [-0.1, -0.05) is 12.1 Å². The van der Waals surface area contributed by atoms with Gasteiger partial charge in [-0.2, -0.15) is 0 Å². The largest absolute Gasteiger partial charge is 0.481 e. The van der Waals surface area contributed by atoms with E-state index in [1.165, 1.54) is 12.4 Å². The van der Waals surface area contributed by atoms with E-state index in [0.29, 0.717) is 17.2 Å². The first-order valence-corrected chi connectivity index (χ1v) is 4.98. The first-order valence-electron chi connectivity index (χ1n) is 4.98. The Morgan fingerprint density at radius 1 is 1.35 bits per heavy atom. The van der Waals surface area contributed by atoms with Gasteiger partial charge in [0.25, 0.3) is 0 Å². The van der Waals surface area contributed by atoms with Gasteiger partial charge in [-0.05, 0) is 17.7 Å². The van der Waals surface area contributed by atoms with Crippen LogP contribution in [0.4, 0.5) is 0 Å². The zero-order valence-corrected chi connectivity index (χ0v) is 8.91. The fraction of sp³-hybridized carbons (Fsp3) is 0.0833. The highest BCUT2D eigenvalue weighted by molar-refractivity contribution is 5.70. The van der Waals surface area contributed by atoms with Crippen molar-refractivity contribution >= 4 is 5.97 Å². The number of rotatable bonds is 4. The number of carboxylic acid groups (broad SMARTS) is 1. The van der Waals surface area contributed by atoms with Crippen molar-refractivity contribution in [3.63, 3.8) is 0 Å². The third-order valence-electron chi connectivity index (χ3n) is 2.02. The summed E-state index contributed by atoms with van der Waals surface area (Å²) in [7, 11) is 0. The Morgan fingerprint density at radius 3 is 2.94 bits per heavy atom. The molecular formula is C12H10N2O3. The van der Waals surface area contributed by atoms with E-state index in [2.05, 4.69) is 9.97 Å². The number of benzene rings is 1. The van der Waals surface area contributed by atoms with Crippen molar-refractivity contribution in [1.82, 2.24) is 9.97 Å². The minimum Gasteiger partial charge on any atom is -0.481 e. The quantitative estimate of drug-likeness (QED) is 0.868. The number of hydrogen-bond acceptors (Lipinski definition) is 4. The summed E-state index contributed by atoms with van der Waals surface area (Å²) in [5, 5.41) is 8.68. The summed E-state index contributed by atoms with van der Waals surface area (Å²) in [4.78, 5) is 18.4. The summed E-state index contributed by atoms with van der Waals surface area (Å²) in [6.07, 6.45) is 4.53. The summed E-state index contributed by atoms with van der Waals surface area (Å²) < 4.78 is 5.43. The number of carbonyl (C=O) groups is 1. The average molecular weight is 230 g/mol. The van der Waals surface area contributed by atoms with E-state index in [1.54, 1.807) is 30.5 Å². The van der Waals surface area contributed by atoms with Gasteiger partial charge in [-0.15, -0.1) is 0 Å². The molecule has 0 atom stereocenters. The van der Waals surface area contributed by atoms with Crippen LogP contribution in [0.25, 0.3) is 0 Å². The van der Waals surface area contributed by atoms with E-state index in [1.807, 2.05) is 0 Å². The fourth-order valence-corrected chi connectivity index (χ4v) is 1.35. The van der Waals surface area contributed by atoms with Gasteiger partial charge < -0.3 is 9.84 Å². The van der Waals surface area contributed by atoms with Gasteiger partial charge in [0.05, 0.1) is 12.6 Å². The zero-order valence-electron chi connectivity index (χ0n) is 8.91. The molecule has 0 radical (unpaired) electrons. The Morgan fingerprint density at radius 2 is 2.24 bits per heavy atom. The lowest BCUT2D eigenvalue weighted by atomic mass is 10.1. The topological polar surface area (TPSA) is 72.3 Å². The van der Waals surface area contributed by atoms with Gasteiger partial charge in [0.1, 0.15) is 5.75 Å². The lowest BCUT2D eigenvalue weighted by Crippen LogP contribution is -2.00. The molecule has 2 aromatic rings. The van der Waals surface area contributed by atoms with Gasteiger partial charge in [0.15, 0.2) is 0 Å². The van der Waals surface area contributed by atoms with E-state index in [4.69, 9.17) is 9.84 Å². The van der Waals surface area contributed by atoms with Crippen molar-refractivity contribution in [2.45, 2.75) is 6.42 Å². The van der Waals surface area contributed by atoms with Crippen LogP contribution >= 0.6 is 0 Å². The first kappa shape index (κ1) is 11.1. The molecule has 1 aromatic carbocycles. The van der Waals surface area contributed by atoms with Crippen LogP contribution in [0.5, 0.6) is 11.6 Å². The van der Waals surface area contributed by atoms with Crippen molar-refractivity contribution in [2.24, 2.45) is 0 Å². The number of carboxylic acids is 1. The van der Waals surface area contributed by atoms with Crippen LogP contribution in [0.1, 0.15) is 5.56 Å². The third-order valence-corrected chi connectivity index (χ3v) is 2.02. The normalized spacial score (nSPS) is 9.88. The predicted molar refractivity (Wildman–Crippen MR) is 59.9 cm³/mol. The maximum Gasteiger partial charge on any atom is 0.307 e. The molecule has 2 rings (SSSR count). The van der Waals surface area contributed by atoms with Gasteiger partial charge in [0, 0.05) is 12.4 Å². The van der Waals surface area contributed by atoms with Gasteiger partial charge >= 0.3 is 5.97 Å². The molecule has 1 aromatic heterocycles. The molecular weight excluding hydrogens is 220 g/mol. The minimum absolute atomic E-state index is 0.0301. The standard InChI is InChI=1S/C12H10N2O3/c15-12(16)7-9-2-1-3-10(6-9)17-11-8-13-4-5-14-11/h1-6,8H,7H2,(H,15,16). The van der Waals surface area contributed by atoms with Crippen LogP contribution in [0, 0.1) is 0 Å². The highest BCUT2D eigenvalue weighted by Gasteiger charge is 2.03. The van der Waals surface area contributed by atoms with E-state index >= 15 is 0 Å². The monoisotopic (exact) mass is 230 g/mol. The Bertz CT molecular complexity index is 514. The van der Waals surface area contributed by atoms with Crippen LogP contribution in [-0.2, 0) is 11.2 Å². The molecule has 0 unspecified atom stereocenters. The van der Waals surface area contributed by atoms with Crippen LogP contribution in [0.15, 0.2) is 42.9 Å². The van der Waals surface area contributed by atoms with Crippen molar-refractivity contribution in [1.29, 1.82) is 0 Å². The Balaban J connectivity index is 2.14. The van der Waals surface area contributed by atoms with Gasteiger partial charge in [-0.3, -0.25) is 9.78 Å². The highest BCUT2D eigenvalue weighted by atomic mass is 16.5. The van der Waals surface area contributed by atoms with Crippen LogP contribution in [0.2, 0.25) is 0 Å². The Hall–Kier alpha value is -2.43. The average Bonchev–Trinajstić information content (AvgIpc) is 2.30. The Kier molecular flexibility index (Phi) is 3.30. The van der Waals surface area contributed by atoms with E-state index < -0.39 is 5.97 Å². The van der Waals surface area contributed by atoms with E-state index in [9.17, 15) is 4.79 Å². The molecule has 5 nitrogen and oxygen atoms in total. The maximum atomic E-state index is 10.6. The lowest BCUT2D eigenvalue weighted by molar-refractivity contribution is -0.136. The molecule has 0 amide bonds. The molecule has 0 saturated carbocycles. The zero-order chi connectivity index (χ0) is 12.1. The lowest BCUT2D eigenvalue weighted by Gasteiger charge is -2.05. The summed E-state index contributed by atoms with van der Waals surface area (Å²) in [5.74, 6) is 0.0471. The van der Waals surface area contributed by atoms with Crippen molar-refractivity contribution < 1.29 is 14.6 Å². The molecule has 0 saturated heterocycles. The highest BCUT2D eigenvalue weighted by Crippen LogP contribution is 2.19. The second kappa shape index (κ2) is 5.07. The van der Waals surface area contributed by atoms with Crippen molar-refractivity contribution in [3.05, 3.63) is 48.4 Å². The van der Waals surface area contributed by atoms with E-state index in [0.717, 1.165) is 0 Å². The van der Waals surface area contributed by atoms with Gasteiger partial charge in [-0.25, -0.2) is 4.98 Å². The molecule has 0 bridgehead atoms. The maximum absolute atomic E-state index is 10.6. The molecule has 0 fully saturated rings. The summed E-state index contributed by atoms with van der Waals surface area (Å²) in [6.45, 7) is 0. The molecule has 86 valence electrons. The SMILES string of the molecule is O=C(O)Cc1cccc(Oc2cnccn2)c1. The predicted octanol–water partition coefficient (Wildman–Crippen LogP) is 1.90. The molecule has 0 aliphatic heterocycles. The fourth-order valence-electron chi connectivity index (χ4n) is 1.35. The molecule has 5 heteroatoms. The molecule has 1 N–H and O–H groups in total. The number of nitrogens with zero attached hydrogens (tertiary/aromatic N) is 2. The van der Waals surface area contributed by atoms with E-state index in [-0.39, 0.29) is 6.42 Å². The minimum atomic E-state index is -0.873. The number of aliphatic carboxylic acids is 1. The second-order valence-electron chi connectivity index (χ2n) is 3.36. The summed E-state index contributed by atoms with van der Waals surface area (Å²) in [5.41, 5.74) is 0.680.